The molecule has 3 nitrogen and oxygen atoms in total. The van der Waals surface area contributed by atoms with E-state index in [0.717, 1.165) is 5.56 Å². The minimum atomic E-state index is -0.260. The molecule has 1 aromatic heterocycles. The van der Waals surface area contributed by atoms with Gasteiger partial charge in [-0.15, -0.1) is 0 Å². The smallest absolute Gasteiger partial charge is 0.223 e. The van der Waals surface area contributed by atoms with Crippen LogP contribution >= 0.6 is 0 Å². The number of hydrogen-bond donors (Lipinski definition) is 0. The van der Waals surface area contributed by atoms with Gasteiger partial charge in [-0.05, 0) is 6.08 Å². The molecule has 0 aliphatic heterocycles. The molecule has 0 unspecified atom stereocenters. The van der Waals surface area contributed by atoms with E-state index in [4.69, 9.17) is 4.52 Å². The molecule has 0 aliphatic rings. The average molecular weight is 199 g/mol. The molecular formula is C12H9NO2. The molecule has 0 bridgehead atoms. The van der Waals surface area contributed by atoms with Crippen molar-refractivity contribution in [2.24, 2.45) is 0 Å². The number of nitrogens with zero attached hydrogens (tertiary/aromatic N) is 1. The minimum absolute atomic E-state index is 0.212. The predicted molar refractivity (Wildman–Crippen MR) is 56.5 cm³/mol. The van der Waals surface area contributed by atoms with Crippen molar-refractivity contribution in [3.8, 4) is 11.3 Å². The number of aromatic nitrogens is 1. The van der Waals surface area contributed by atoms with Crippen molar-refractivity contribution in [1.82, 2.24) is 5.16 Å². The van der Waals surface area contributed by atoms with Gasteiger partial charge in [0.05, 0.1) is 0 Å². The molecular weight excluding hydrogens is 190 g/mol. The van der Waals surface area contributed by atoms with Crippen molar-refractivity contribution in [3.05, 3.63) is 54.8 Å². The van der Waals surface area contributed by atoms with Gasteiger partial charge in [-0.2, -0.15) is 0 Å². The number of ketones is 1. The molecule has 0 aliphatic carbocycles. The van der Waals surface area contributed by atoms with E-state index in [1.54, 1.807) is 6.07 Å². The van der Waals surface area contributed by atoms with Crippen LogP contribution in [0.1, 0.15) is 10.6 Å². The first-order valence-electron chi connectivity index (χ1n) is 4.50. The minimum Gasteiger partial charge on any atom is -0.352 e. The molecule has 2 aromatic rings. The number of rotatable bonds is 3. The Kier molecular flexibility index (Phi) is 2.46. The highest BCUT2D eigenvalue weighted by atomic mass is 16.5. The van der Waals surface area contributed by atoms with Crippen molar-refractivity contribution >= 4 is 5.78 Å². The number of allylic oxidation sites excluding steroid dienone is 1. The maximum atomic E-state index is 11.2. The van der Waals surface area contributed by atoms with E-state index in [-0.39, 0.29) is 11.5 Å². The molecule has 0 saturated heterocycles. The van der Waals surface area contributed by atoms with Crippen LogP contribution in [-0.2, 0) is 0 Å². The van der Waals surface area contributed by atoms with Crippen molar-refractivity contribution in [3.63, 3.8) is 0 Å². The lowest BCUT2D eigenvalue weighted by Crippen LogP contribution is -1.88. The summed E-state index contributed by atoms with van der Waals surface area (Å²) in [5.41, 5.74) is 1.57. The maximum absolute atomic E-state index is 11.2. The SMILES string of the molecule is C=CC(=O)c1cc(-c2ccccc2)no1. The molecule has 0 atom stereocenters. The van der Waals surface area contributed by atoms with Gasteiger partial charge >= 0.3 is 0 Å². The fourth-order valence-corrected chi connectivity index (χ4v) is 1.24. The first-order valence-corrected chi connectivity index (χ1v) is 4.50. The monoisotopic (exact) mass is 199 g/mol. The van der Waals surface area contributed by atoms with Crippen LogP contribution < -0.4 is 0 Å². The Balaban J connectivity index is 2.36. The molecule has 0 spiro atoms. The molecule has 0 amide bonds. The maximum Gasteiger partial charge on any atom is 0.223 e. The molecule has 3 heteroatoms. The summed E-state index contributed by atoms with van der Waals surface area (Å²) >= 11 is 0. The third kappa shape index (κ3) is 1.86. The van der Waals surface area contributed by atoms with Gasteiger partial charge in [0.15, 0.2) is 0 Å². The second kappa shape index (κ2) is 3.92. The van der Waals surface area contributed by atoms with Gasteiger partial charge in [0.2, 0.25) is 11.5 Å². The van der Waals surface area contributed by atoms with E-state index in [2.05, 4.69) is 11.7 Å². The zero-order chi connectivity index (χ0) is 10.7. The molecule has 2 rings (SSSR count). The second-order valence-corrected chi connectivity index (χ2v) is 3.01. The normalized spacial score (nSPS) is 9.87. The summed E-state index contributed by atoms with van der Waals surface area (Å²) in [6, 6.07) is 11.1. The number of hydrogen-bond acceptors (Lipinski definition) is 3. The molecule has 0 radical (unpaired) electrons. The van der Waals surface area contributed by atoms with E-state index in [1.165, 1.54) is 6.08 Å². The molecule has 0 fully saturated rings. The Labute approximate surface area is 87.0 Å². The molecule has 0 saturated carbocycles. The molecule has 1 aromatic carbocycles. The Morgan fingerprint density at radius 2 is 2.07 bits per heavy atom. The van der Waals surface area contributed by atoms with Crippen molar-refractivity contribution in [1.29, 1.82) is 0 Å². The zero-order valence-corrected chi connectivity index (χ0v) is 8.01. The Morgan fingerprint density at radius 3 is 2.73 bits per heavy atom. The van der Waals surface area contributed by atoms with Gasteiger partial charge in [-0.3, -0.25) is 4.79 Å². The summed E-state index contributed by atoms with van der Waals surface area (Å²) in [5.74, 6) is -0.0477. The van der Waals surface area contributed by atoms with Crippen molar-refractivity contribution < 1.29 is 9.32 Å². The van der Waals surface area contributed by atoms with E-state index < -0.39 is 0 Å². The molecule has 15 heavy (non-hydrogen) atoms. The van der Waals surface area contributed by atoms with Crippen LogP contribution in [0.25, 0.3) is 11.3 Å². The molecule has 74 valence electrons. The third-order valence-electron chi connectivity index (χ3n) is 2.01. The predicted octanol–water partition coefficient (Wildman–Crippen LogP) is 2.71. The molecule has 0 N–H and O–H groups in total. The van der Waals surface area contributed by atoms with Crippen LogP contribution in [0.4, 0.5) is 0 Å². The van der Waals surface area contributed by atoms with Gasteiger partial charge in [0, 0.05) is 11.6 Å². The number of benzene rings is 1. The van der Waals surface area contributed by atoms with Gasteiger partial charge in [-0.1, -0.05) is 42.1 Å². The summed E-state index contributed by atoms with van der Waals surface area (Å²) in [7, 11) is 0. The van der Waals surface area contributed by atoms with Crippen molar-refractivity contribution in [2.75, 3.05) is 0 Å². The first-order chi connectivity index (χ1) is 7.31. The van der Waals surface area contributed by atoms with E-state index in [1.807, 2.05) is 30.3 Å². The summed E-state index contributed by atoms with van der Waals surface area (Å²) < 4.78 is 4.90. The topological polar surface area (TPSA) is 43.1 Å². The molecule has 1 heterocycles. The highest BCUT2D eigenvalue weighted by molar-refractivity contribution is 6.02. The average Bonchev–Trinajstić information content (AvgIpc) is 2.78. The van der Waals surface area contributed by atoms with Gasteiger partial charge in [0.25, 0.3) is 0 Å². The first kappa shape index (κ1) is 9.40. The van der Waals surface area contributed by atoms with Crippen LogP contribution in [0.3, 0.4) is 0 Å². The van der Waals surface area contributed by atoms with Crippen LogP contribution in [0, 0.1) is 0 Å². The van der Waals surface area contributed by atoms with Gasteiger partial charge in [-0.25, -0.2) is 0 Å². The zero-order valence-electron chi connectivity index (χ0n) is 8.01. The van der Waals surface area contributed by atoms with Crippen LogP contribution in [0.15, 0.2) is 53.6 Å². The van der Waals surface area contributed by atoms with Crippen LogP contribution in [0.5, 0.6) is 0 Å². The fraction of sp³-hybridized carbons (Fsp3) is 0. The van der Waals surface area contributed by atoms with Gasteiger partial charge in [0.1, 0.15) is 5.69 Å². The highest BCUT2D eigenvalue weighted by Gasteiger charge is 2.10. The lowest BCUT2D eigenvalue weighted by Gasteiger charge is -1.91. The van der Waals surface area contributed by atoms with E-state index in [0.29, 0.717) is 5.69 Å². The Morgan fingerprint density at radius 1 is 1.33 bits per heavy atom. The van der Waals surface area contributed by atoms with Crippen molar-refractivity contribution in [2.45, 2.75) is 0 Å². The lowest BCUT2D eigenvalue weighted by molar-refractivity contribution is 0.101. The third-order valence-corrected chi connectivity index (χ3v) is 2.01. The Hall–Kier alpha value is -2.16. The van der Waals surface area contributed by atoms with Crippen LogP contribution in [0.2, 0.25) is 0 Å². The van der Waals surface area contributed by atoms with Crippen LogP contribution in [-0.4, -0.2) is 10.9 Å². The van der Waals surface area contributed by atoms with E-state index >= 15 is 0 Å². The summed E-state index contributed by atoms with van der Waals surface area (Å²) in [5, 5.41) is 3.81. The lowest BCUT2D eigenvalue weighted by atomic mass is 10.1. The summed E-state index contributed by atoms with van der Waals surface area (Å²) in [6.45, 7) is 3.38. The summed E-state index contributed by atoms with van der Waals surface area (Å²) in [4.78, 5) is 11.2. The quantitative estimate of drug-likeness (QED) is 0.563. The largest absolute Gasteiger partial charge is 0.352 e. The number of carbonyl (C=O) groups excluding carboxylic acids is 1. The fourth-order valence-electron chi connectivity index (χ4n) is 1.24. The number of carbonyl (C=O) groups is 1. The van der Waals surface area contributed by atoms with E-state index in [9.17, 15) is 4.79 Å². The summed E-state index contributed by atoms with van der Waals surface area (Å²) in [6.07, 6.45) is 1.20. The second-order valence-electron chi connectivity index (χ2n) is 3.01. The Bertz CT molecular complexity index is 485. The highest BCUT2D eigenvalue weighted by Crippen LogP contribution is 2.18. The standard InChI is InChI=1S/C12H9NO2/c1-2-11(14)12-8-10(13-15-12)9-6-4-3-5-7-9/h2-8H,1H2. The van der Waals surface area contributed by atoms with Gasteiger partial charge < -0.3 is 4.52 Å².